The van der Waals surface area contributed by atoms with E-state index in [1.54, 1.807) is 18.2 Å². The minimum Gasteiger partial charge on any atom is -0.493 e. The first kappa shape index (κ1) is 23.2. The van der Waals surface area contributed by atoms with Crippen LogP contribution in [0.15, 0.2) is 54.6 Å². The van der Waals surface area contributed by atoms with Crippen LogP contribution in [0.4, 0.5) is 11.4 Å². The molecule has 10 heteroatoms. The molecule has 0 unspecified atom stereocenters. The Morgan fingerprint density at radius 3 is 2.55 bits per heavy atom. The van der Waals surface area contributed by atoms with Gasteiger partial charge in [0.1, 0.15) is 12.3 Å². The number of para-hydroxylation sites is 3. The van der Waals surface area contributed by atoms with Crippen LogP contribution in [-0.2, 0) is 19.6 Å². The normalized spacial score (nSPS) is 20.0. The highest BCUT2D eigenvalue weighted by atomic mass is 32.2. The molecule has 0 spiro atoms. The monoisotopic (exact) mass is 472 g/mol. The summed E-state index contributed by atoms with van der Waals surface area (Å²) in [5.41, 5.74) is 1.27. The zero-order valence-corrected chi connectivity index (χ0v) is 19.3. The Kier molecular flexibility index (Phi) is 6.96. The predicted molar refractivity (Wildman–Crippen MR) is 126 cm³/mol. The van der Waals surface area contributed by atoms with Crippen LogP contribution in [0.3, 0.4) is 0 Å². The van der Waals surface area contributed by atoms with Crippen molar-refractivity contribution < 1.29 is 22.7 Å². The fraction of sp³-hybridized carbons (Fsp3) is 0.391. The van der Waals surface area contributed by atoms with Crippen molar-refractivity contribution in [2.45, 2.75) is 0 Å². The lowest BCUT2D eigenvalue weighted by Gasteiger charge is -2.31. The third-order valence-corrected chi connectivity index (χ3v) is 7.04. The third kappa shape index (κ3) is 5.89. The minimum atomic E-state index is -3.38. The fourth-order valence-corrected chi connectivity index (χ4v) is 5.05. The second-order valence-corrected chi connectivity index (χ2v) is 10.4. The lowest BCUT2D eigenvalue weighted by Crippen LogP contribution is -2.47. The van der Waals surface area contributed by atoms with Gasteiger partial charge in [0.05, 0.1) is 30.8 Å². The van der Waals surface area contributed by atoms with Gasteiger partial charge >= 0.3 is 0 Å². The van der Waals surface area contributed by atoms with Crippen molar-refractivity contribution >= 4 is 33.2 Å². The molecule has 1 N–H and O–H groups in total. The minimum absolute atomic E-state index is 0.0420. The van der Waals surface area contributed by atoms with Crippen molar-refractivity contribution in [1.29, 1.82) is 0 Å². The Hall–Kier alpha value is -2.95. The summed E-state index contributed by atoms with van der Waals surface area (Å²) in [4.78, 5) is 28.7. The van der Waals surface area contributed by atoms with Crippen molar-refractivity contribution in [2.24, 2.45) is 5.92 Å². The number of fused-ring (bicyclic) bond motifs is 1. The number of amides is 2. The van der Waals surface area contributed by atoms with Gasteiger partial charge in [-0.25, -0.2) is 12.7 Å². The van der Waals surface area contributed by atoms with Crippen LogP contribution < -0.4 is 15.0 Å². The van der Waals surface area contributed by atoms with Crippen LogP contribution in [0.5, 0.6) is 5.75 Å². The summed E-state index contributed by atoms with van der Waals surface area (Å²) in [5, 5.41) is 2.78. The Labute approximate surface area is 194 Å². The maximum atomic E-state index is 13.2. The van der Waals surface area contributed by atoms with Crippen molar-refractivity contribution in [3.63, 3.8) is 0 Å². The number of carbonyl (C=O) groups excluding carboxylic acids is 2. The highest BCUT2D eigenvalue weighted by Crippen LogP contribution is 2.29. The topological polar surface area (TPSA) is 99.3 Å². The maximum Gasteiger partial charge on any atom is 0.244 e. The summed E-state index contributed by atoms with van der Waals surface area (Å²) in [6.45, 7) is 1.92. The van der Waals surface area contributed by atoms with Gasteiger partial charge in [0.15, 0.2) is 0 Å². The number of sulfonamides is 1. The molecular weight excluding hydrogens is 444 g/mol. The molecule has 9 nitrogen and oxygen atoms in total. The van der Waals surface area contributed by atoms with Crippen LogP contribution in [-0.4, -0.2) is 81.6 Å². The molecule has 0 aromatic heterocycles. The molecule has 2 aliphatic rings. The third-order valence-electron chi connectivity index (χ3n) is 5.77. The molecule has 1 saturated heterocycles. The number of hydrogen-bond donors (Lipinski definition) is 1. The van der Waals surface area contributed by atoms with Gasteiger partial charge in [-0.2, -0.15) is 0 Å². The van der Waals surface area contributed by atoms with E-state index in [-0.39, 0.29) is 30.8 Å². The zero-order chi connectivity index (χ0) is 23.4. The van der Waals surface area contributed by atoms with Gasteiger partial charge in [0, 0.05) is 32.1 Å². The number of anilines is 2. The lowest BCUT2D eigenvalue weighted by atomic mass is 10.1. The van der Waals surface area contributed by atoms with Gasteiger partial charge < -0.3 is 10.1 Å². The smallest absolute Gasteiger partial charge is 0.244 e. The Bertz CT molecular complexity index is 1110. The Morgan fingerprint density at radius 1 is 1.06 bits per heavy atom. The van der Waals surface area contributed by atoms with Gasteiger partial charge in [0.25, 0.3) is 0 Å². The summed E-state index contributed by atoms with van der Waals surface area (Å²) in [7, 11) is -3.38. The largest absolute Gasteiger partial charge is 0.493 e. The molecule has 2 heterocycles. The zero-order valence-electron chi connectivity index (χ0n) is 18.5. The van der Waals surface area contributed by atoms with Gasteiger partial charge in [-0.05, 0) is 24.3 Å². The van der Waals surface area contributed by atoms with Gasteiger partial charge in [-0.3, -0.25) is 19.4 Å². The highest BCUT2D eigenvalue weighted by molar-refractivity contribution is 7.88. The molecule has 2 aliphatic heterocycles. The van der Waals surface area contributed by atoms with E-state index in [1.807, 2.05) is 41.3 Å². The average molecular weight is 473 g/mol. The fourth-order valence-electron chi connectivity index (χ4n) is 4.16. The SMILES string of the molecule is CS(=O)(=O)N1CCN(CC(=O)N2CC(=O)Nc3ccccc32)C[C@@H](COc2ccccc2)C1. The second-order valence-electron chi connectivity index (χ2n) is 8.39. The summed E-state index contributed by atoms with van der Waals surface area (Å²) < 4.78 is 31.9. The van der Waals surface area contributed by atoms with E-state index < -0.39 is 10.0 Å². The molecule has 1 atom stereocenters. The molecule has 33 heavy (non-hydrogen) atoms. The van der Waals surface area contributed by atoms with E-state index in [0.29, 0.717) is 49.9 Å². The first-order valence-corrected chi connectivity index (χ1v) is 12.7. The molecule has 0 bridgehead atoms. The van der Waals surface area contributed by atoms with E-state index >= 15 is 0 Å². The summed E-state index contributed by atoms with van der Waals surface area (Å²) in [6, 6.07) is 16.6. The number of ether oxygens (including phenoxy) is 1. The van der Waals surface area contributed by atoms with E-state index in [4.69, 9.17) is 4.74 Å². The molecule has 176 valence electrons. The Balaban J connectivity index is 1.47. The molecule has 2 amide bonds. The van der Waals surface area contributed by atoms with Crippen molar-refractivity contribution in [2.75, 3.05) is 62.3 Å². The predicted octanol–water partition coefficient (Wildman–Crippen LogP) is 1.24. The van der Waals surface area contributed by atoms with E-state index in [1.165, 1.54) is 15.5 Å². The molecule has 0 radical (unpaired) electrons. The Morgan fingerprint density at radius 2 is 1.79 bits per heavy atom. The molecule has 4 rings (SSSR count). The van der Waals surface area contributed by atoms with Crippen LogP contribution in [0.25, 0.3) is 0 Å². The standard InChI is InChI=1S/C23H28N4O5S/c1-33(30,31)26-12-11-25(13-18(14-26)17-32-19-7-3-2-4-8-19)16-23(29)27-15-22(28)24-20-9-5-6-10-21(20)27/h2-10,18H,11-17H2,1H3,(H,24,28)/t18-/m1/s1. The first-order valence-electron chi connectivity index (χ1n) is 10.8. The maximum absolute atomic E-state index is 13.2. The molecule has 2 aromatic carbocycles. The van der Waals surface area contributed by atoms with E-state index in [2.05, 4.69) is 5.32 Å². The number of hydrogen-bond acceptors (Lipinski definition) is 6. The van der Waals surface area contributed by atoms with Crippen LogP contribution >= 0.6 is 0 Å². The van der Waals surface area contributed by atoms with Crippen molar-refractivity contribution in [3.8, 4) is 5.75 Å². The van der Waals surface area contributed by atoms with E-state index in [0.717, 1.165) is 0 Å². The first-order chi connectivity index (χ1) is 15.8. The number of rotatable bonds is 6. The molecular formula is C23H28N4O5S. The summed E-state index contributed by atoms with van der Waals surface area (Å²) in [5.74, 6) is 0.154. The highest BCUT2D eigenvalue weighted by Gasteiger charge is 2.32. The van der Waals surface area contributed by atoms with E-state index in [9.17, 15) is 18.0 Å². The number of nitrogens with zero attached hydrogens (tertiary/aromatic N) is 3. The molecule has 2 aromatic rings. The molecule has 1 fully saturated rings. The van der Waals surface area contributed by atoms with Crippen LogP contribution in [0, 0.1) is 5.92 Å². The summed E-state index contributed by atoms with van der Waals surface area (Å²) >= 11 is 0. The van der Waals surface area contributed by atoms with Gasteiger partial charge in [0.2, 0.25) is 21.8 Å². The number of benzene rings is 2. The van der Waals surface area contributed by atoms with Gasteiger partial charge in [-0.15, -0.1) is 0 Å². The van der Waals surface area contributed by atoms with Gasteiger partial charge in [-0.1, -0.05) is 30.3 Å². The number of nitrogens with one attached hydrogen (secondary N) is 1. The van der Waals surface area contributed by atoms with Crippen LogP contribution in [0.1, 0.15) is 0 Å². The molecule has 0 aliphatic carbocycles. The van der Waals surface area contributed by atoms with Crippen LogP contribution in [0.2, 0.25) is 0 Å². The molecule has 0 saturated carbocycles. The quantitative estimate of drug-likeness (QED) is 0.679. The van der Waals surface area contributed by atoms with Crippen molar-refractivity contribution in [3.05, 3.63) is 54.6 Å². The number of carbonyl (C=O) groups is 2. The second kappa shape index (κ2) is 9.90. The lowest BCUT2D eigenvalue weighted by molar-refractivity contribution is -0.122. The van der Waals surface area contributed by atoms with Crippen molar-refractivity contribution in [1.82, 2.24) is 9.21 Å². The average Bonchev–Trinajstić information content (AvgIpc) is 3.00. The summed E-state index contributed by atoms with van der Waals surface area (Å²) in [6.07, 6.45) is 1.20.